The molecule has 1 aromatic rings. The molecule has 2 N–H and O–H groups in total. The van der Waals surface area contributed by atoms with Crippen molar-refractivity contribution in [2.45, 2.75) is 19.4 Å². The third-order valence-electron chi connectivity index (χ3n) is 2.56. The minimum atomic E-state index is -0.155. The van der Waals surface area contributed by atoms with E-state index in [1.165, 1.54) is 7.11 Å². The Morgan fingerprint density at radius 1 is 1.79 bits per heavy atom. The molecule has 1 aliphatic heterocycles. The summed E-state index contributed by atoms with van der Waals surface area (Å²) >= 11 is 0. The van der Waals surface area contributed by atoms with Crippen molar-refractivity contribution < 1.29 is 9.53 Å². The maximum Gasteiger partial charge on any atom is 0.309 e. The highest BCUT2D eigenvalue weighted by molar-refractivity contribution is 5.72. The van der Waals surface area contributed by atoms with Crippen LogP contribution in [0, 0.1) is 5.92 Å². The van der Waals surface area contributed by atoms with E-state index in [0.29, 0.717) is 12.2 Å². The Kier molecular flexibility index (Phi) is 2.15. The number of nitrogens with two attached hydrogens (primary N) is 1. The molecule has 0 fully saturated rings. The standard InChI is InChI=1S/C9H13N3O2/c1-14-9(13)6-2-3-12-5-7(10)11-8(12)4-6/h5-6H,2-4,10H2,1H3. The molecule has 1 unspecified atom stereocenters. The zero-order valence-electron chi connectivity index (χ0n) is 8.06. The number of ether oxygens (including phenoxy) is 1. The van der Waals surface area contributed by atoms with E-state index in [-0.39, 0.29) is 11.9 Å². The third-order valence-corrected chi connectivity index (χ3v) is 2.56. The van der Waals surface area contributed by atoms with Crippen LogP contribution >= 0.6 is 0 Å². The number of aromatic nitrogens is 2. The van der Waals surface area contributed by atoms with Gasteiger partial charge in [-0.15, -0.1) is 0 Å². The first-order valence-electron chi connectivity index (χ1n) is 4.60. The van der Waals surface area contributed by atoms with Gasteiger partial charge in [-0.3, -0.25) is 4.79 Å². The second-order valence-electron chi connectivity index (χ2n) is 3.49. The minimum Gasteiger partial charge on any atom is -0.469 e. The molecule has 0 bridgehead atoms. The van der Waals surface area contributed by atoms with Gasteiger partial charge in [-0.05, 0) is 6.42 Å². The summed E-state index contributed by atoms with van der Waals surface area (Å²) in [5.74, 6) is 1.18. The number of nitrogen functional groups attached to an aromatic ring is 1. The number of rotatable bonds is 1. The molecule has 0 aliphatic carbocycles. The SMILES string of the molecule is COC(=O)C1CCn2cc(N)nc2C1. The van der Waals surface area contributed by atoms with Crippen molar-refractivity contribution in [2.75, 3.05) is 12.8 Å². The van der Waals surface area contributed by atoms with E-state index in [9.17, 15) is 4.79 Å². The van der Waals surface area contributed by atoms with E-state index in [1.807, 2.05) is 10.8 Å². The van der Waals surface area contributed by atoms with Crippen LogP contribution in [0.15, 0.2) is 6.20 Å². The van der Waals surface area contributed by atoms with Crippen molar-refractivity contribution in [3.8, 4) is 0 Å². The Bertz CT molecular complexity index is 359. The number of fused-ring (bicyclic) bond motifs is 1. The van der Waals surface area contributed by atoms with Crippen molar-refractivity contribution in [1.29, 1.82) is 0 Å². The molecule has 1 aliphatic rings. The summed E-state index contributed by atoms with van der Waals surface area (Å²) in [6.45, 7) is 0.791. The van der Waals surface area contributed by atoms with E-state index in [4.69, 9.17) is 10.5 Å². The molecule has 5 heteroatoms. The molecule has 0 spiro atoms. The van der Waals surface area contributed by atoms with Gasteiger partial charge < -0.3 is 15.0 Å². The van der Waals surface area contributed by atoms with Crippen LogP contribution in [0.1, 0.15) is 12.2 Å². The van der Waals surface area contributed by atoms with Crippen LogP contribution in [0.25, 0.3) is 0 Å². The Balaban J connectivity index is 2.16. The first-order chi connectivity index (χ1) is 6.70. The van der Waals surface area contributed by atoms with Gasteiger partial charge >= 0.3 is 5.97 Å². The first kappa shape index (κ1) is 9.05. The largest absolute Gasteiger partial charge is 0.469 e. The zero-order chi connectivity index (χ0) is 10.1. The number of carbonyl (C=O) groups excluding carboxylic acids is 1. The van der Waals surface area contributed by atoms with Gasteiger partial charge in [-0.25, -0.2) is 4.98 Å². The number of hydrogen-bond donors (Lipinski definition) is 1. The highest BCUT2D eigenvalue weighted by Crippen LogP contribution is 2.21. The summed E-state index contributed by atoms with van der Waals surface area (Å²) in [5.41, 5.74) is 5.56. The Labute approximate surface area is 81.9 Å². The Morgan fingerprint density at radius 3 is 3.29 bits per heavy atom. The summed E-state index contributed by atoms with van der Waals surface area (Å²) in [6, 6.07) is 0. The second kappa shape index (κ2) is 3.32. The highest BCUT2D eigenvalue weighted by atomic mass is 16.5. The number of imidazole rings is 1. The van der Waals surface area contributed by atoms with Crippen LogP contribution in [0.5, 0.6) is 0 Å². The van der Waals surface area contributed by atoms with E-state index in [1.54, 1.807) is 0 Å². The molecule has 76 valence electrons. The average Bonchev–Trinajstić information content (AvgIpc) is 2.55. The maximum absolute atomic E-state index is 11.3. The van der Waals surface area contributed by atoms with Crippen LogP contribution in [-0.4, -0.2) is 22.6 Å². The lowest BCUT2D eigenvalue weighted by atomic mass is 9.98. The van der Waals surface area contributed by atoms with Crippen molar-refractivity contribution in [3.05, 3.63) is 12.0 Å². The quantitative estimate of drug-likeness (QED) is 0.650. The molecule has 0 amide bonds. The second-order valence-corrected chi connectivity index (χ2v) is 3.49. The molecule has 5 nitrogen and oxygen atoms in total. The summed E-state index contributed by atoms with van der Waals surface area (Å²) < 4.78 is 6.70. The third kappa shape index (κ3) is 1.45. The van der Waals surface area contributed by atoms with Crippen LogP contribution in [0.2, 0.25) is 0 Å². The van der Waals surface area contributed by atoms with Gasteiger partial charge in [-0.1, -0.05) is 0 Å². The number of esters is 1. The van der Waals surface area contributed by atoms with Gasteiger partial charge in [0.2, 0.25) is 0 Å². The molecule has 1 atom stereocenters. The number of anilines is 1. The predicted molar refractivity (Wildman–Crippen MR) is 50.5 cm³/mol. The Hall–Kier alpha value is -1.52. The highest BCUT2D eigenvalue weighted by Gasteiger charge is 2.26. The van der Waals surface area contributed by atoms with Crippen molar-refractivity contribution in [2.24, 2.45) is 5.92 Å². The van der Waals surface area contributed by atoms with Crippen LogP contribution < -0.4 is 5.73 Å². The molecule has 2 rings (SSSR count). The maximum atomic E-state index is 11.3. The minimum absolute atomic E-state index is 0.0608. The fourth-order valence-electron chi connectivity index (χ4n) is 1.82. The lowest BCUT2D eigenvalue weighted by Crippen LogP contribution is -2.26. The lowest BCUT2D eigenvalue weighted by molar-refractivity contribution is -0.146. The normalized spacial score (nSPS) is 20.2. The molecule has 14 heavy (non-hydrogen) atoms. The summed E-state index contributed by atoms with van der Waals surface area (Å²) in [5, 5.41) is 0. The number of aryl methyl sites for hydroxylation is 1. The molecule has 0 radical (unpaired) electrons. The fourth-order valence-corrected chi connectivity index (χ4v) is 1.82. The molecule has 0 saturated heterocycles. The molecule has 2 heterocycles. The monoisotopic (exact) mass is 195 g/mol. The summed E-state index contributed by atoms with van der Waals surface area (Å²) in [6.07, 6.45) is 3.24. The predicted octanol–water partition coefficient (Wildman–Crippen LogP) is 0.201. The molecular formula is C9H13N3O2. The van der Waals surface area contributed by atoms with Crippen LogP contribution in [0.3, 0.4) is 0 Å². The van der Waals surface area contributed by atoms with Gasteiger partial charge in [0.1, 0.15) is 11.6 Å². The number of carbonyl (C=O) groups is 1. The molecule has 0 saturated carbocycles. The van der Waals surface area contributed by atoms with Crippen molar-refractivity contribution in [1.82, 2.24) is 9.55 Å². The van der Waals surface area contributed by atoms with Gasteiger partial charge in [0.15, 0.2) is 0 Å². The smallest absolute Gasteiger partial charge is 0.309 e. The number of hydrogen-bond acceptors (Lipinski definition) is 4. The van der Waals surface area contributed by atoms with Gasteiger partial charge in [0.05, 0.1) is 13.0 Å². The van der Waals surface area contributed by atoms with E-state index < -0.39 is 0 Å². The van der Waals surface area contributed by atoms with E-state index in [0.717, 1.165) is 18.8 Å². The topological polar surface area (TPSA) is 70.1 Å². The number of nitrogens with zero attached hydrogens (tertiary/aromatic N) is 2. The van der Waals surface area contributed by atoms with Crippen LogP contribution in [0.4, 0.5) is 5.82 Å². The first-order valence-corrected chi connectivity index (χ1v) is 4.60. The summed E-state index contributed by atoms with van der Waals surface area (Å²) in [7, 11) is 1.41. The summed E-state index contributed by atoms with van der Waals surface area (Å²) in [4.78, 5) is 15.4. The van der Waals surface area contributed by atoms with Gasteiger partial charge in [-0.2, -0.15) is 0 Å². The molecule has 0 aromatic carbocycles. The molecule has 1 aromatic heterocycles. The average molecular weight is 195 g/mol. The lowest BCUT2D eigenvalue weighted by Gasteiger charge is -2.20. The zero-order valence-corrected chi connectivity index (χ0v) is 8.06. The Morgan fingerprint density at radius 2 is 2.57 bits per heavy atom. The number of methoxy groups -OCH3 is 1. The van der Waals surface area contributed by atoms with Crippen molar-refractivity contribution >= 4 is 11.8 Å². The van der Waals surface area contributed by atoms with E-state index in [2.05, 4.69) is 4.98 Å². The van der Waals surface area contributed by atoms with Gasteiger partial charge in [0.25, 0.3) is 0 Å². The van der Waals surface area contributed by atoms with E-state index >= 15 is 0 Å². The molecular weight excluding hydrogens is 182 g/mol. The van der Waals surface area contributed by atoms with Gasteiger partial charge in [0, 0.05) is 19.2 Å². The van der Waals surface area contributed by atoms with Crippen molar-refractivity contribution in [3.63, 3.8) is 0 Å². The fraction of sp³-hybridized carbons (Fsp3) is 0.556. The van der Waals surface area contributed by atoms with Crippen LogP contribution in [-0.2, 0) is 22.5 Å².